The van der Waals surface area contributed by atoms with Crippen molar-refractivity contribution in [1.29, 1.82) is 0 Å². The first kappa shape index (κ1) is 12.7. The number of pyridine rings is 1. The van der Waals surface area contributed by atoms with Crippen molar-refractivity contribution in [2.45, 2.75) is 0 Å². The molecular formula is C14H11N3O2. The zero-order valence-corrected chi connectivity index (χ0v) is 10.3. The monoisotopic (exact) mass is 253 g/mol. The predicted molar refractivity (Wildman–Crippen MR) is 69.4 cm³/mol. The van der Waals surface area contributed by atoms with Gasteiger partial charge in [0.25, 0.3) is 0 Å². The maximum absolute atomic E-state index is 11.4. The Labute approximate surface area is 110 Å². The van der Waals surface area contributed by atoms with Gasteiger partial charge in [-0.1, -0.05) is 18.2 Å². The van der Waals surface area contributed by atoms with Crippen LogP contribution in [0.15, 0.2) is 48.8 Å². The van der Waals surface area contributed by atoms with Crippen LogP contribution in [0.25, 0.3) is 16.7 Å². The fraction of sp³-hybridized carbons (Fsp3) is 0.0714. The van der Waals surface area contributed by atoms with E-state index in [1.54, 1.807) is 24.5 Å². The summed E-state index contributed by atoms with van der Waals surface area (Å²) >= 11 is 0. The first-order chi connectivity index (χ1) is 9.26. The molecule has 1 heterocycles. The third kappa shape index (κ3) is 2.73. The maximum Gasteiger partial charge on any atom is 0.422 e. The van der Waals surface area contributed by atoms with Crippen molar-refractivity contribution in [1.82, 2.24) is 4.98 Å². The molecule has 0 radical (unpaired) electrons. The Morgan fingerprint density at radius 2 is 1.95 bits per heavy atom. The highest BCUT2D eigenvalue weighted by Crippen LogP contribution is 2.18. The van der Waals surface area contributed by atoms with Crippen LogP contribution in [-0.2, 0) is 9.53 Å². The second-order valence-electron chi connectivity index (χ2n) is 3.76. The number of aromatic nitrogens is 1. The molecule has 2 aromatic rings. The molecule has 0 unspecified atom stereocenters. The molecule has 0 atom stereocenters. The lowest BCUT2D eigenvalue weighted by molar-refractivity contribution is -0.137. The predicted octanol–water partition coefficient (Wildman–Crippen LogP) is 1.94. The van der Waals surface area contributed by atoms with E-state index >= 15 is 0 Å². The third-order valence-electron chi connectivity index (χ3n) is 2.63. The van der Waals surface area contributed by atoms with Crippen molar-refractivity contribution in [2.75, 3.05) is 7.11 Å². The Balaban J connectivity index is 2.34. The Kier molecular flexibility index (Phi) is 3.81. The van der Waals surface area contributed by atoms with E-state index in [1.165, 1.54) is 7.11 Å². The molecule has 94 valence electrons. The smallest absolute Gasteiger partial charge is 0.422 e. The number of nitrogens with zero attached hydrogens (tertiary/aromatic N) is 3. The lowest BCUT2D eigenvalue weighted by Crippen LogP contribution is -2.18. The quantitative estimate of drug-likeness (QED) is 0.363. The zero-order chi connectivity index (χ0) is 13.7. The van der Waals surface area contributed by atoms with Gasteiger partial charge in [0, 0.05) is 12.4 Å². The Bertz CT molecular complexity index is 630. The van der Waals surface area contributed by atoms with Gasteiger partial charge in [0.15, 0.2) is 0 Å². The van der Waals surface area contributed by atoms with Gasteiger partial charge in [-0.15, -0.1) is 0 Å². The second-order valence-corrected chi connectivity index (χ2v) is 3.76. The van der Waals surface area contributed by atoms with Crippen molar-refractivity contribution < 1.29 is 14.3 Å². The fourth-order valence-electron chi connectivity index (χ4n) is 1.67. The Morgan fingerprint density at radius 1 is 1.21 bits per heavy atom. The number of hydrogen-bond acceptors (Lipinski definition) is 3. The number of hydrogen-bond donors (Lipinski definition) is 0. The van der Waals surface area contributed by atoms with Gasteiger partial charge in [-0.2, -0.15) is 4.79 Å². The maximum atomic E-state index is 11.4. The average Bonchev–Trinajstić information content (AvgIpc) is 2.49. The minimum Gasteiger partial charge on any atom is -0.460 e. The lowest BCUT2D eigenvalue weighted by atomic mass is 10.0. The highest BCUT2D eigenvalue weighted by atomic mass is 16.5. The summed E-state index contributed by atoms with van der Waals surface area (Å²) in [5, 5.41) is 0. The summed E-state index contributed by atoms with van der Waals surface area (Å²) in [6.45, 7) is 0. The summed E-state index contributed by atoms with van der Waals surface area (Å²) in [5.74, 6) is -0.684. The van der Waals surface area contributed by atoms with Crippen molar-refractivity contribution in [3.05, 3.63) is 59.9 Å². The number of rotatable bonds is 3. The molecule has 0 amide bonds. The van der Waals surface area contributed by atoms with Crippen LogP contribution in [0.2, 0.25) is 0 Å². The van der Waals surface area contributed by atoms with Gasteiger partial charge in [0.1, 0.15) is 0 Å². The van der Waals surface area contributed by atoms with Crippen molar-refractivity contribution in [3.8, 4) is 11.1 Å². The van der Waals surface area contributed by atoms with E-state index in [2.05, 4.69) is 14.5 Å². The number of methoxy groups -OCH3 is 1. The molecule has 0 aliphatic heterocycles. The fourth-order valence-corrected chi connectivity index (χ4v) is 1.67. The van der Waals surface area contributed by atoms with Gasteiger partial charge in [0.05, 0.1) is 12.7 Å². The summed E-state index contributed by atoms with van der Waals surface area (Å²) in [5.41, 5.74) is 11.1. The third-order valence-corrected chi connectivity index (χ3v) is 2.63. The average molecular weight is 253 g/mol. The molecule has 0 aliphatic rings. The largest absolute Gasteiger partial charge is 0.460 e. The minimum atomic E-state index is -0.684. The van der Waals surface area contributed by atoms with Gasteiger partial charge in [-0.05, 0) is 29.3 Å². The van der Waals surface area contributed by atoms with Crippen LogP contribution in [0.5, 0.6) is 0 Å². The molecule has 19 heavy (non-hydrogen) atoms. The molecule has 0 saturated heterocycles. The van der Waals surface area contributed by atoms with E-state index in [0.29, 0.717) is 5.56 Å². The molecule has 1 aromatic heterocycles. The molecule has 0 bridgehead atoms. The number of benzene rings is 1. The molecule has 1 aromatic carbocycles. The van der Waals surface area contributed by atoms with Gasteiger partial charge in [-0.25, -0.2) is 4.79 Å². The highest BCUT2D eigenvalue weighted by Gasteiger charge is 2.23. The van der Waals surface area contributed by atoms with Gasteiger partial charge < -0.3 is 10.3 Å². The molecule has 0 saturated carbocycles. The molecule has 0 N–H and O–H groups in total. The van der Waals surface area contributed by atoms with Crippen LogP contribution in [-0.4, -0.2) is 28.6 Å². The summed E-state index contributed by atoms with van der Waals surface area (Å²) in [7, 11) is 1.23. The Morgan fingerprint density at radius 3 is 2.47 bits per heavy atom. The molecule has 0 fully saturated rings. The molecule has 0 spiro atoms. The van der Waals surface area contributed by atoms with Gasteiger partial charge in [-0.3, -0.25) is 4.98 Å². The highest BCUT2D eigenvalue weighted by molar-refractivity contribution is 6.40. The van der Waals surface area contributed by atoms with E-state index in [4.69, 9.17) is 5.53 Å². The first-order valence-electron chi connectivity index (χ1n) is 5.57. The number of carbonyl (C=O) groups is 1. The summed E-state index contributed by atoms with van der Waals surface area (Å²) in [6.07, 6.45) is 3.45. The van der Waals surface area contributed by atoms with E-state index in [0.717, 1.165) is 11.1 Å². The molecule has 0 aliphatic carbocycles. The second kappa shape index (κ2) is 5.71. The minimum absolute atomic E-state index is 0.125. The molecule has 2 rings (SSSR count). The van der Waals surface area contributed by atoms with E-state index in [-0.39, 0.29) is 5.71 Å². The van der Waals surface area contributed by atoms with Crippen molar-refractivity contribution in [2.24, 2.45) is 0 Å². The summed E-state index contributed by atoms with van der Waals surface area (Å²) in [6, 6.07) is 10.8. The topological polar surface area (TPSA) is 75.6 Å². The van der Waals surface area contributed by atoms with E-state index in [9.17, 15) is 4.79 Å². The first-order valence-corrected chi connectivity index (χ1v) is 5.57. The number of esters is 1. The van der Waals surface area contributed by atoms with Gasteiger partial charge in [0.2, 0.25) is 0 Å². The Hall–Kier alpha value is -2.78. The van der Waals surface area contributed by atoms with Crippen LogP contribution in [0.4, 0.5) is 0 Å². The van der Waals surface area contributed by atoms with Gasteiger partial charge >= 0.3 is 11.7 Å². The number of carbonyl (C=O) groups excluding carboxylic acids is 1. The summed E-state index contributed by atoms with van der Waals surface area (Å²) in [4.78, 5) is 18.4. The van der Waals surface area contributed by atoms with E-state index in [1.807, 2.05) is 24.3 Å². The van der Waals surface area contributed by atoms with Crippen LogP contribution in [0.3, 0.4) is 0 Å². The molecule has 5 nitrogen and oxygen atoms in total. The molecule has 5 heteroatoms. The SMILES string of the molecule is COC(=O)C(=[N+]=[N-])c1ccc(-c2cccnc2)cc1. The zero-order valence-electron chi connectivity index (χ0n) is 10.3. The van der Waals surface area contributed by atoms with Crippen LogP contribution in [0.1, 0.15) is 5.56 Å². The van der Waals surface area contributed by atoms with Crippen LogP contribution < -0.4 is 0 Å². The molecular weight excluding hydrogens is 242 g/mol. The van der Waals surface area contributed by atoms with Crippen molar-refractivity contribution >= 4 is 11.7 Å². The van der Waals surface area contributed by atoms with Crippen LogP contribution >= 0.6 is 0 Å². The van der Waals surface area contributed by atoms with Crippen molar-refractivity contribution in [3.63, 3.8) is 0 Å². The van der Waals surface area contributed by atoms with E-state index < -0.39 is 5.97 Å². The van der Waals surface area contributed by atoms with Crippen LogP contribution in [0, 0.1) is 0 Å². The number of ether oxygens (including phenoxy) is 1. The lowest BCUT2D eigenvalue weighted by Gasteiger charge is -2.01. The standard InChI is InChI=1S/C14H11N3O2/c1-19-14(18)13(17-15)11-6-4-10(5-7-11)12-3-2-8-16-9-12/h2-9H,1H3. The normalized spacial score (nSPS) is 9.53. The summed E-state index contributed by atoms with van der Waals surface area (Å²) < 4.78 is 4.53.